The Morgan fingerprint density at radius 3 is 3.05 bits per heavy atom. The summed E-state index contributed by atoms with van der Waals surface area (Å²) in [7, 11) is 0. The number of nitrogens with zero attached hydrogens (tertiary/aromatic N) is 1. The van der Waals surface area contributed by atoms with Crippen molar-refractivity contribution in [1.29, 1.82) is 0 Å². The number of carbonyl (C=O) groups excluding carboxylic acids is 1. The Labute approximate surface area is 124 Å². The molecule has 1 aliphatic heterocycles. The van der Waals surface area contributed by atoms with E-state index in [0.717, 1.165) is 30.9 Å². The zero-order valence-electron chi connectivity index (χ0n) is 12.2. The lowest BCUT2D eigenvalue weighted by Crippen LogP contribution is -2.53. The lowest BCUT2D eigenvalue weighted by atomic mass is 10.0. The van der Waals surface area contributed by atoms with Crippen LogP contribution in [0.2, 0.25) is 0 Å². The average molecular weight is 297 g/mol. The normalized spacial score (nSPS) is 22.9. The molecule has 0 aliphatic carbocycles. The van der Waals surface area contributed by atoms with E-state index < -0.39 is 0 Å². The number of ether oxygens (including phenoxy) is 1. The number of Topliss-reactive ketones (excluding diaryl/α,β-unsaturated/α-hetero) is 1. The third-order valence-corrected chi connectivity index (χ3v) is 4.34. The number of carbonyl (C=O) groups is 1. The molecule has 1 N–H and O–H groups in total. The predicted molar refractivity (Wildman–Crippen MR) is 80.4 cm³/mol. The molecule has 0 spiro atoms. The van der Waals surface area contributed by atoms with Crippen LogP contribution in [0.4, 0.5) is 0 Å². The standard InChI is InChI=1S/C15H23NO3S/c1-15(2)11-16(9-12(10-17)19-15)7-3-5-13(18)14-6-4-8-20-14/h4,6,8,12,17H,3,5,7,9-11H2,1-2H3. The van der Waals surface area contributed by atoms with Gasteiger partial charge in [-0.05, 0) is 38.3 Å². The first kappa shape index (κ1) is 15.6. The number of aliphatic hydroxyl groups excluding tert-OH is 1. The van der Waals surface area contributed by atoms with Gasteiger partial charge >= 0.3 is 0 Å². The van der Waals surface area contributed by atoms with Crippen molar-refractivity contribution in [3.05, 3.63) is 22.4 Å². The summed E-state index contributed by atoms with van der Waals surface area (Å²) in [6, 6.07) is 3.79. The first-order valence-electron chi connectivity index (χ1n) is 7.08. The minimum Gasteiger partial charge on any atom is -0.394 e. The average Bonchev–Trinajstić information content (AvgIpc) is 2.90. The van der Waals surface area contributed by atoms with Gasteiger partial charge in [0.05, 0.1) is 23.2 Å². The van der Waals surface area contributed by atoms with E-state index in [1.54, 1.807) is 0 Å². The molecule has 112 valence electrons. The van der Waals surface area contributed by atoms with Crippen molar-refractivity contribution in [1.82, 2.24) is 4.90 Å². The highest BCUT2D eigenvalue weighted by atomic mass is 32.1. The molecule has 5 heteroatoms. The molecule has 1 unspecified atom stereocenters. The summed E-state index contributed by atoms with van der Waals surface area (Å²) >= 11 is 1.50. The molecule has 4 nitrogen and oxygen atoms in total. The minimum atomic E-state index is -0.233. The largest absolute Gasteiger partial charge is 0.394 e. The van der Waals surface area contributed by atoms with E-state index in [2.05, 4.69) is 4.90 Å². The molecular weight excluding hydrogens is 274 g/mol. The van der Waals surface area contributed by atoms with Gasteiger partial charge in [-0.1, -0.05) is 6.07 Å². The smallest absolute Gasteiger partial charge is 0.172 e. The second-order valence-electron chi connectivity index (χ2n) is 5.92. The topological polar surface area (TPSA) is 49.8 Å². The van der Waals surface area contributed by atoms with Gasteiger partial charge in [-0.15, -0.1) is 11.3 Å². The van der Waals surface area contributed by atoms with Gasteiger partial charge in [0, 0.05) is 19.5 Å². The monoisotopic (exact) mass is 297 g/mol. The zero-order valence-corrected chi connectivity index (χ0v) is 13.0. The van der Waals surface area contributed by atoms with Gasteiger partial charge in [-0.2, -0.15) is 0 Å². The van der Waals surface area contributed by atoms with Crippen LogP contribution in [0.15, 0.2) is 17.5 Å². The number of hydrogen-bond donors (Lipinski definition) is 1. The van der Waals surface area contributed by atoms with Gasteiger partial charge in [0.2, 0.25) is 0 Å². The quantitative estimate of drug-likeness (QED) is 0.818. The van der Waals surface area contributed by atoms with Crippen molar-refractivity contribution in [3.8, 4) is 0 Å². The maximum absolute atomic E-state index is 11.9. The van der Waals surface area contributed by atoms with E-state index in [4.69, 9.17) is 4.74 Å². The van der Waals surface area contributed by atoms with Crippen LogP contribution < -0.4 is 0 Å². The number of aliphatic hydroxyl groups is 1. The molecule has 1 aromatic rings. The van der Waals surface area contributed by atoms with E-state index >= 15 is 0 Å². The molecule has 1 atom stereocenters. The summed E-state index contributed by atoms with van der Waals surface area (Å²) in [5.74, 6) is 0.228. The zero-order chi connectivity index (χ0) is 14.6. The molecule has 20 heavy (non-hydrogen) atoms. The van der Waals surface area contributed by atoms with Crippen LogP contribution in [0, 0.1) is 0 Å². The highest BCUT2D eigenvalue weighted by molar-refractivity contribution is 7.12. The van der Waals surface area contributed by atoms with Crippen molar-refractivity contribution in [2.75, 3.05) is 26.2 Å². The van der Waals surface area contributed by atoms with Gasteiger partial charge < -0.3 is 9.84 Å². The Morgan fingerprint density at radius 1 is 1.60 bits per heavy atom. The predicted octanol–water partition coefficient (Wildman–Crippen LogP) is 2.18. The fraction of sp³-hybridized carbons (Fsp3) is 0.667. The molecular formula is C15H23NO3S. The fourth-order valence-corrected chi connectivity index (χ4v) is 3.40. The van der Waals surface area contributed by atoms with Crippen LogP contribution in [-0.4, -0.2) is 53.7 Å². The van der Waals surface area contributed by atoms with Crippen molar-refractivity contribution < 1.29 is 14.6 Å². The summed E-state index contributed by atoms with van der Waals surface area (Å²) in [5, 5.41) is 11.2. The van der Waals surface area contributed by atoms with Crippen LogP contribution in [-0.2, 0) is 4.74 Å². The fourth-order valence-electron chi connectivity index (χ4n) is 2.71. The van der Waals surface area contributed by atoms with E-state index in [-0.39, 0.29) is 24.1 Å². The maximum Gasteiger partial charge on any atom is 0.172 e. The molecule has 2 heterocycles. The third kappa shape index (κ3) is 4.38. The maximum atomic E-state index is 11.9. The van der Waals surface area contributed by atoms with Crippen LogP contribution in [0.1, 0.15) is 36.4 Å². The number of hydrogen-bond acceptors (Lipinski definition) is 5. The Bertz CT molecular complexity index is 430. The van der Waals surface area contributed by atoms with Crippen molar-refractivity contribution in [2.45, 2.75) is 38.4 Å². The van der Waals surface area contributed by atoms with E-state index in [9.17, 15) is 9.90 Å². The van der Waals surface area contributed by atoms with Crippen LogP contribution in [0.5, 0.6) is 0 Å². The Hall–Kier alpha value is -0.750. The molecule has 1 aromatic heterocycles. The van der Waals surface area contributed by atoms with Crippen molar-refractivity contribution in [3.63, 3.8) is 0 Å². The van der Waals surface area contributed by atoms with E-state index in [1.165, 1.54) is 11.3 Å². The van der Waals surface area contributed by atoms with Crippen LogP contribution >= 0.6 is 11.3 Å². The molecule has 1 saturated heterocycles. The SMILES string of the molecule is CC1(C)CN(CCCC(=O)c2cccs2)CC(CO)O1. The van der Waals surface area contributed by atoms with Gasteiger partial charge in [-0.3, -0.25) is 9.69 Å². The van der Waals surface area contributed by atoms with Crippen molar-refractivity contribution in [2.24, 2.45) is 0 Å². The van der Waals surface area contributed by atoms with Crippen molar-refractivity contribution >= 4 is 17.1 Å². The molecule has 0 aromatic carbocycles. The van der Waals surface area contributed by atoms with Gasteiger partial charge in [0.15, 0.2) is 5.78 Å². The summed E-state index contributed by atoms with van der Waals surface area (Å²) in [6.07, 6.45) is 1.32. The second-order valence-corrected chi connectivity index (χ2v) is 6.87. The Morgan fingerprint density at radius 2 is 2.40 bits per heavy atom. The second kappa shape index (κ2) is 6.80. The third-order valence-electron chi connectivity index (χ3n) is 3.43. The number of morpholine rings is 1. The lowest BCUT2D eigenvalue weighted by molar-refractivity contribution is -0.148. The number of thiophene rings is 1. The number of ketones is 1. The summed E-state index contributed by atoms with van der Waals surface area (Å²) in [5.41, 5.74) is -0.233. The Balaban J connectivity index is 1.77. The van der Waals surface area contributed by atoms with E-state index in [1.807, 2.05) is 31.4 Å². The summed E-state index contributed by atoms with van der Waals surface area (Å²) in [4.78, 5) is 15.1. The summed E-state index contributed by atoms with van der Waals surface area (Å²) in [6.45, 7) is 6.59. The highest BCUT2D eigenvalue weighted by Crippen LogP contribution is 2.21. The lowest BCUT2D eigenvalue weighted by Gasteiger charge is -2.42. The first-order valence-corrected chi connectivity index (χ1v) is 7.96. The first-order chi connectivity index (χ1) is 9.50. The Kier molecular flexibility index (Phi) is 5.32. The van der Waals surface area contributed by atoms with Crippen LogP contribution in [0.25, 0.3) is 0 Å². The summed E-state index contributed by atoms with van der Waals surface area (Å²) < 4.78 is 5.78. The molecule has 0 bridgehead atoms. The minimum absolute atomic E-state index is 0.0497. The molecule has 2 rings (SSSR count). The number of rotatable bonds is 6. The van der Waals surface area contributed by atoms with Gasteiger partial charge in [-0.25, -0.2) is 0 Å². The van der Waals surface area contributed by atoms with Gasteiger partial charge in [0.25, 0.3) is 0 Å². The molecule has 0 saturated carbocycles. The molecule has 1 aliphatic rings. The van der Waals surface area contributed by atoms with E-state index in [0.29, 0.717) is 6.42 Å². The molecule has 1 fully saturated rings. The van der Waals surface area contributed by atoms with Crippen LogP contribution in [0.3, 0.4) is 0 Å². The molecule has 0 amide bonds. The van der Waals surface area contributed by atoms with Gasteiger partial charge in [0.1, 0.15) is 0 Å². The molecule has 0 radical (unpaired) electrons. The highest BCUT2D eigenvalue weighted by Gasteiger charge is 2.32.